The molecule has 1 heterocycles. The van der Waals surface area contributed by atoms with Crippen molar-refractivity contribution in [2.75, 3.05) is 0 Å². The molecule has 1 aliphatic rings. The van der Waals surface area contributed by atoms with Gasteiger partial charge < -0.3 is 4.98 Å². The van der Waals surface area contributed by atoms with Crippen molar-refractivity contribution >= 4 is 6.08 Å². The second-order valence-electron chi connectivity index (χ2n) is 5.65. The Morgan fingerprint density at radius 2 is 1.38 bits per heavy atom. The third kappa shape index (κ3) is 1.93. The minimum absolute atomic E-state index is 0.0717. The maximum atomic E-state index is 3.23. The van der Waals surface area contributed by atoms with E-state index in [0.717, 1.165) is 6.42 Å². The molecule has 0 atom stereocenters. The van der Waals surface area contributed by atoms with Gasteiger partial charge in [0.1, 0.15) is 0 Å². The first-order valence-electron chi connectivity index (χ1n) is 7.34. The standard InChI is InChI=1S/C20H17N/c1-3-7-18(8-4-1)20(19-9-5-2-6-10-19)12-11-16-14-21-15-17(16)13-20/h1-12,14-15,21H,13H2. The third-order valence-corrected chi connectivity index (χ3v) is 4.46. The van der Waals surface area contributed by atoms with E-state index in [1.165, 1.54) is 22.3 Å². The first-order valence-corrected chi connectivity index (χ1v) is 7.34. The van der Waals surface area contributed by atoms with E-state index in [2.05, 4.69) is 90.2 Å². The Hall–Kier alpha value is -2.54. The zero-order chi connectivity index (χ0) is 14.1. The highest BCUT2D eigenvalue weighted by molar-refractivity contribution is 5.63. The summed E-state index contributed by atoms with van der Waals surface area (Å²) in [6.07, 6.45) is 9.80. The Morgan fingerprint density at radius 1 is 0.762 bits per heavy atom. The second-order valence-corrected chi connectivity index (χ2v) is 5.65. The van der Waals surface area contributed by atoms with Crippen LogP contribution in [0.3, 0.4) is 0 Å². The fraction of sp³-hybridized carbons (Fsp3) is 0.100. The van der Waals surface area contributed by atoms with E-state index in [-0.39, 0.29) is 5.41 Å². The van der Waals surface area contributed by atoms with Crippen LogP contribution in [0.15, 0.2) is 79.1 Å². The molecule has 1 N–H and O–H groups in total. The fourth-order valence-corrected chi connectivity index (χ4v) is 3.34. The van der Waals surface area contributed by atoms with Crippen LogP contribution in [0.1, 0.15) is 22.3 Å². The highest BCUT2D eigenvalue weighted by Gasteiger charge is 2.34. The normalized spacial score (nSPS) is 15.6. The van der Waals surface area contributed by atoms with Crippen LogP contribution in [0.25, 0.3) is 6.08 Å². The molecule has 2 aromatic carbocycles. The summed E-state index contributed by atoms with van der Waals surface area (Å²) in [7, 11) is 0. The highest BCUT2D eigenvalue weighted by atomic mass is 14.6. The predicted octanol–water partition coefficient (Wildman–Crippen LogP) is 4.57. The maximum Gasteiger partial charge on any atom is 0.0426 e. The number of aromatic amines is 1. The fourth-order valence-electron chi connectivity index (χ4n) is 3.34. The highest BCUT2D eigenvalue weighted by Crippen LogP contribution is 2.41. The van der Waals surface area contributed by atoms with Crippen LogP contribution in [-0.2, 0) is 11.8 Å². The van der Waals surface area contributed by atoms with Crippen molar-refractivity contribution in [2.45, 2.75) is 11.8 Å². The summed E-state index contributed by atoms with van der Waals surface area (Å²) >= 11 is 0. The molecule has 0 radical (unpaired) electrons. The van der Waals surface area contributed by atoms with Crippen LogP contribution in [0.4, 0.5) is 0 Å². The molecular formula is C20H17N. The molecule has 0 unspecified atom stereocenters. The zero-order valence-corrected chi connectivity index (χ0v) is 11.8. The Balaban J connectivity index is 1.93. The van der Waals surface area contributed by atoms with Crippen molar-refractivity contribution in [3.05, 3.63) is 101 Å². The topological polar surface area (TPSA) is 15.8 Å². The molecule has 1 heteroatoms. The van der Waals surface area contributed by atoms with E-state index in [0.29, 0.717) is 0 Å². The van der Waals surface area contributed by atoms with Crippen LogP contribution in [-0.4, -0.2) is 4.98 Å². The van der Waals surface area contributed by atoms with Gasteiger partial charge >= 0.3 is 0 Å². The number of H-pyrrole nitrogens is 1. The van der Waals surface area contributed by atoms with Gasteiger partial charge in [0.2, 0.25) is 0 Å². The molecule has 4 rings (SSSR count). The Morgan fingerprint density at radius 3 is 2.00 bits per heavy atom. The van der Waals surface area contributed by atoms with Gasteiger partial charge in [-0.3, -0.25) is 0 Å². The van der Waals surface area contributed by atoms with E-state index in [9.17, 15) is 0 Å². The minimum atomic E-state index is -0.0717. The molecule has 0 fully saturated rings. The van der Waals surface area contributed by atoms with E-state index < -0.39 is 0 Å². The molecule has 3 aromatic rings. The smallest absolute Gasteiger partial charge is 0.0426 e. The van der Waals surface area contributed by atoms with Gasteiger partial charge in [-0.15, -0.1) is 0 Å². The number of nitrogens with one attached hydrogen (secondary N) is 1. The lowest BCUT2D eigenvalue weighted by molar-refractivity contribution is 0.634. The molecule has 1 aliphatic carbocycles. The van der Waals surface area contributed by atoms with E-state index in [1.807, 2.05) is 0 Å². The molecule has 0 saturated heterocycles. The van der Waals surface area contributed by atoms with Crippen molar-refractivity contribution in [3.63, 3.8) is 0 Å². The molecule has 0 bridgehead atoms. The zero-order valence-electron chi connectivity index (χ0n) is 11.8. The summed E-state index contributed by atoms with van der Waals surface area (Å²) in [5, 5.41) is 0. The largest absolute Gasteiger partial charge is 0.367 e. The van der Waals surface area contributed by atoms with E-state index in [4.69, 9.17) is 0 Å². The molecule has 1 nitrogen and oxygen atoms in total. The van der Waals surface area contributed by atoms with Crippen molar-refractivity contribution in [3.8, 4) is 0 Å². The summed E-state index contributed by atoms with van der Waals surface area (Å²) in [6.45, 7) is 0. The first-order chi connectivity index (χ1) is 10.4. The van der Waals surface area contributed by atoms with Crippen LogP contribution in [0.5, 0.6) is 0 Å². The Labute approximate surface area is 125 Å². The quantitative estimate of drug-likeness (QED) is 0.702. The molecule has 102 valence electrons. The summed E-state index contributed by atoms with van der Waals surface area (Å²) < 4.78 is 0. The van der Waals surface area contributed by atoms with Gasteiger partial charge in [0.15, 0.2) is 0 Å². The monoisotopic (exact) mass is 271 g/mol. The molecular weight excluding hydrogens is 254 g/mol. The molecule has 0 saturated carbocycles. The lowest BCUT2D eigenvalue weighted by Crippen LogP contribution is -2.29. The number of allylic oxidation sites excluding steroid dienone is 1. The predicted molar refractivity (Wildman–Crippen MR) is 87.2 cm³/mol. The number of hydrogen-bond acceptors (Lipinski definition) is 0. The molecule has 21 heavy (non-hydrogen) atoms. The van der Waals surface area contributed by atoms with Crippen LogP contribution < -0.4 is 0 Å². The number of fused-ring (bicyclic) bond motifs is 1. The van der Waals surface area contributed by atoms with Gasteiger partial charge in [-0.2, -0.15) is 0 Å². The average Bonchev–Trinajstić information content (AvgIpc) is 3.03. The summed E-state index contributed by atoms with van der Waals surface area (Å²) in [5.74, 6) is 0. The molecule has 0 amide bonds. The van der Waals surface area contributed by atoms with Crippen molar-refractivity contribution in [1.82, 2.24) is 4.98 Å². The lowest BCUT2D eigenvalue weighted by Gasteiger charge is -2.34. The van der Waals surface area contributed by atoms with Crippen LogP contribution in [0, 0.1) is 0 Å². The van der Waals surface area contributed by atoms with Crippen molar-refractivity contribution < 1.29 is 0 Å². The summed E-state index contributed by atoms with van der Waals surface area (Å²) in [4.78, 5) is 3.23. The van der Waals surface area contributed by atoms with Crippen LogP contribution >= 0.6 is 0 Å². The van der Waals surface area contributed by atoms with Crippen molar-refractivity contribution in [1.29, 1.82) is 0 Å². The number of benzene rings is 2. The van der Waals surface area contributed by atoms with Gasteiger partial charge in [-0.1, -0.05) is 72.8 Å². The SMILES string of the molecule is C1=CC(c2ccccc2)(c2ccccc2)Cc2c[nH]cc21. The lowest BCUT2D eigenvalue weighted by atomic mass is 9.68. The maximum absolute atomic E-state index is 3.23. The molecule has 0 aliphatic heterocycles. The van der Waals surface area contributed by atoms with E-state index >= 15 is 0 Å². The van der Waals surface area contributed by atoms with Gasteiger partial charge in [-0.25, -0.2) is 0 Å². The van der Waals surface area contributed by atoms with E-state index in [1.54, 1.807) is 0 Å². The minimum Gasteiger partial charge on any atom is -0.367 e. The Kier molecular flexibility index (Phi) is 2.78. The Bertz CT molecular complexity index is 726. The summed E-state index contributed by atoms with van der Waals surface area (Å²) in [6, 6.07) is 21.6. The number of aromatic nitrogens is 1. The number of rotatable bonds is 2. The van der Waals surface area contributed by atoms with Crippen molar-refractivity contribution in [2.24, 2.45) is 0 Å². The van der Waals surface area contributed by atoms with Gasteiger partial charge in [0.05, 0.1) is 0 Å². The van der Waals surface area contributed by atoms with Gasteiger partial charge in [0, 0.05) is 17.8 Å². The van der Waals surface area contributed by atoms with Crippen LogP contribution in [0.2, 0.25) is 0 Å². The average molecular weight is 271 g/mol. The van der Waals surface area contributed by atoms with Gasteiger partial charge in [-0.05, 0) is 28.7 Å². The van der Waals surface area contributed by atoms with Gasteiger partial charge in [0.25, 0.3) is 0 Å². The second kappa shape index (κ2) is 4.78. The molecule has 0 spiro atoms. The number of hydrogen-bond donors (Lipinski definition) is 1. The molecule has 1 aromatic heterocycles. The first kappa shape index (κ1) is 12.2. The summed E-state index contributed by atoms with van der Waals surface area (Å²) in [5.41, 5.74) is 5.30. The third-order valence-electron chi connectivity index (χ3n) is 4.46.